The second kappa shape index (κ2) is 4.53. The van der Waals surface area contributed by atoms with E-state index in [9.17, 15) is 4.79 Å². The largest absolute Gasteiger partial charge is 0.481 e. The first-order valence-corrected chi connectivity index (χ1v) is 6.45. The van der Waals surface area contributed by atoms with Gasteiger partial charge in [0.2, 0.25) is 5.88 Å². The molecule has 0 aliphatic heterocycles. The Morgan fingerprint density at radius 3 is 2.84 bits per heavy atom. The van der Waals surface area contributed by atoms with Gasteiger partial charge in [-0.1, -0.05) is 0 Å². The minimum Gasteiger partial charge on any atom is -0.481 e. The van der Waals surface area contributed by atoms with Crippen LogP contribution >= 0.6 is 0 Å². The first-order chi connectivity index (χ1) is 9.20. The number of aromatic nitrogens is 2. The van der Waals surface area contributed by atoms with Crippen LogP contribution in [-0.2, 0) is 6.42 Å². The van der Waals surface area contributed by atoms with Crippen LogP contribution < -0.4 is 4.74 Å². The van der Waals surface area contributed by atoms with Gasteiger partial charge in [-0.25, -0.2) is 4.98 Å². The third-order valence-electron chi connectivity index (χ3n) is 3.59. The van der Waals surface area contributed by atoms with Crippen molar-refractivity contribution >= 4 is 5.78 Å². The lowest BCUT2D eigenvalue weighted by Crippen LogP contribution is -2.12. The number of aryl methyl sites for hydroxylation is 1. The van der Waals surface area contributed by atoms with E-state index in [1.54, 1.807) is 13.3 Å². The number of rotatable bonds is 2. The second-order valence-corrected chi connectivity index (χ2v) is 4.82. The molecule has 0 amide bonds. The molecule has 0 N–H and O–H groups in total. The van der Waals surface area contributed by atoms with E-state index in [0.717, 1.165) is 35.5 Å². The number of fused-ring (bicyclic) bond motifs is 1. The summed E-state index contributed by atoms with van der Waals surface area (Å²) in [6.45, 7) is 2.02. The smallest absolute Gasteiger partial charge is 0.213 e. The van der Waals surface area contributed by atoms with Crippen molar-refractivity contribution in [2.45, 2.75) is 26.2 Å². The summed E-state index contributed by atoms with van der Waals surface area (Å²) in [6, 6.07) is 5.80. The van der Waals surface area contributed by atoms with Crippen molar-refractivity contribution in [2.24, 2.45) is 0 Å². The van der Waals surface area contributed by atoms with Gasteiger partial charge in [-0.05, 0) is 31.9 Å². The summed E-state index contributed by atoms with van der Waals surface area (Å²) in [6.07, 6.45) is 4.32. The molecule has 4 nitrogen and oxygen atoms in total. The molecule has 98 valence electrons. The standard InChI is InChI=1S/C15H16N2O2/c1-10-8-12-13(4-3-5-14(12)18)17(10)11-6-7-15(19-2)16-9-11/h6-9H,3-5H2,1-2H3. The molecule has 2 aromatic heterocycles. The van der Waals surface area contributed by atoms with Crippen molar-refractivity contribution in [3.63, 3.8) is 0 Å². The third-order valence-corrected chi connectivity index (χ3v) is 3.59. The van der Waals surface area contributed by atoms with E-state index in [2.05, 4.69) is 9.55 Å². The summed E-state index contributed by atoms with van der Waals surface area (Å²) >= 11 is 0. The first kappa shape index (κ1) is 12.0. The lowest BCUT2D eigenvalue weighted by molar-refractivity contribution is 0.0972. The van der Waals surface area contributed by atoms with Gasteiger partial charge < -0.3 is 9.30 Å². The zero-order valence-electron chi connectivity index (χ0n) is 11.1. The molecule has 0 unspecified atom stereocenters. The van der Waals surface area contributed by atoms with Gasteiger partial charge in [-0.2, -0.15) is 0 Å². The molecule has 4 heteroatoms. The average molecular weight is 256 g/mol. The number of ketones is 1. The minimum absolute atomic E-state index is 0.254. The quantitative estimate of drug-likeness (QED) is 0.829. The van der Waals surface area contributed by atoms with Gasteiger partial charge in [-0.3, -0.25) is 4.79 Å². The lowest BCUT2D eigenvalue weighted by Gasteiger charge is -2.16. The number of nitrogens with zero attached hydrogens (tertiary/aromatic N) is 2. The van der Waals surface area contributed by atoms with E-state index in [1.807, 2.05) is 25.1 Å². The summed E-state index contributed by atoms with van der Waals surface area (Å²) in [7, 11) is 1.60. The summed E-state index contributed by atoms with van der Waals surface area (Å²) in [4.78, 5) is 16.2. The molecule has 19 heavy (non-hydrogen) atoms. The molecule has 0 fully saturated rings. The van der Waals surface area contributed by atoms with Crippen molar-refractivity contribution in [1.29, 1.82) is 0 Å². The second-order valence-electron chi connectivity index (χ2n) is 4.82. The molecular formula is C15H16N2O2. The Hall–Kier alpha value is -2.10. The van der Waals surface area contributed by atoms with E-state index < -0.39 is 0 Å². The van der Waals surface area contributed by atoms with E-state index in [4.69, 9.17) is 4.74 Å². The highest BCUT2D eigenvalue weighted by molar-refractivity contribution is 5.98. The predicted molar refractivity (Wildman–Crippen MR) is 72.1 cm³/mol. The van der Waals surface area contributed by atoms with Crippen molar-refractivity contribution < 1.29 is 9.53 Å². The van der Waals surface area contributed by atoms with Crippen LogP contribution in [0.5, 0.6) is 5.88 Å². The number of hydrogen-bond acceptors (Lipinski definition) is 3. The molecule has 1 aliphatic carbocycles. The van der Waals surface area contributed by atoms with Crippen molar-refractivity contribution in [2.75, 3.05) is 7.11 Å². The van der Waals surface area contributed by atoms with E-state index >= 15 is 0 Å². The average Bonchev–Trinajstić information content (AvgIpc) is 2.77. The predicted octanol–water partition coefficient (Wildman–Crippen LogP) is 2.71. The van der Waals surface area contributed by atoms with Crippen LogP contribution in [0.25, 0.3) is 5.69 Å². The van der Waals surface area contributed by atoms with Crippen LogP contribution in [0.2, 0.25) is 0 Å². The molecule has 0 aromatic carbocycles. The van der Waals surface area contributed by atoms with Crippen LogP contribution in [0.1, 0.15) is 34.6 Å². The SMILES string of the molecule is COc1ccc(-n2c(C)cc3c2CCCC3=O)cn1. The molecule has 0 atom stereocenters. The minimum atomic E-state index is 0.254. The number of ether oxygens (including phenoxy) is 1. The fourth-order valence-electron chi connectivity index (χ4n) is 2.71. The van der Waals surface area contributed by atoms with Crippen LogP contribution in [0.4, 0.5) is 0 Å². The molecule has 1 aliphatic rings. The Bertz CT molecular complexity index is 626. The van der Waals surface area contributed by atoms with Crippen molar-refractivity contribution in [3.05, 3.63) is 41.3 Å². The fourth-order valence-corrected chi connectivity index (χ4v) is 2.71. The summed E-state index contributed by atoms with van der Waals surface area (Å²) < 4.78 is 7.20. The maximum atomic E-state index is 11.9. The number of Topliss-reactive ketones (excluding diaryl/α,β-unsaturated/α-hetero) is 1. The highest BCUT2D eigenvalue weighted by Gasteiger charge is 2.23. The molecular weight excluding hydrogens is 240 g/mol. The molecule has 0 spiro atoms. The highest BCUT2D eigenvalue weighted by atomic mass is 16.5. The maximum Gasteiger partial charge on any atom is 0.213 e. The van der Waals surface area contributed by atoms with Gasteiger partial charge in [0.05, 0.1) is 19.0 Å². The zero-order chi connectivity index (χ0) is 13.4. The lowest BCUT2D eigenvalue weighted by atomic mass is 9.96. The zero-order valence-corrected chi connectivity index (χ0v) is 11.1. The number of pyridine rings is 1. The summed E-state index contributed by atoms with van der Waals surface area (Å²) in [5, 5.41) is 0. The Morgan fingerprint density at radius 1 is 1.32 bits per heavy atom. The third kappa shape index (κ3) is 1.93. The van der Waals surface area contributed by atoms with Gasteiger partial charge in [0, 0.05) is 29.4 Å². The molecule has 0 radical (unpaired) electrons. The van der Waals surface area contributed by atoms with Crippen molar-refractivity contribution in [1.82, 2.24) is 9.55 Å². The van der Waals surface area contributed by atoms with E-state index in [-0.39, 0.29) is 5.78 Å². The van der Waals surface area contributed by atoms with Gasteiger partial charge in [0.25, 0.3) is 0 Å². The number of carbonyl (C=O) groups is 1. The van der Waals surface area contributed by atoms with Crippen molar-refractivity contribution in [3.8, 4) is 11.6 Å². The molecule has 2 heterocycles. The topological polar surface area (TPSA) is 44.1 Å². The molecule has 2 aromatic rings. The molecule has 0 saturated heterocycles. The van der Waals surface area contributed by atoms with Gasteiger partial charge in [0.1, 0.15) is 0 Å². The van der Waals surface area contributed by atoms with Gasteiger partial charge in [-0.15, -0.1) is 0 Å². The normalized spacial score (nSPS) is 14.3. The monoisotopic (exact) mass is 256 g/mol. The molecule has 3 rings (SSSR count). The Kier molecular flexibility index (Phi) is 2.85. The fraction of sp³-hybridized carbons (Fsp3) is 0.333. The van der Waals surface area contributed by atoms with Crippen LogP contribution in [0.3, 0.4) is 0 Å². The summed E-state index contributed by atoms with van der Waals surface area (Å²) in [5.74, 6) is 0.850. The Balaban J connectivity index is 2.11. The van der Waals surface area contributed by atoms with Crippen LogP contribution in [0.15, 0.2) is 24.4 Å². The van der Waals surface area contributed by atoms with E-state index in [1.165, 1.54) is 0 Å². The van der Waals surface area contributed by atoms with E-state index in [0.29, 0.717) is 12.3 Å². The Morgan fingerprint density at radius 2 is 2.16 bits per heavy atom. The number of hydrogen-bond donors (Lipinski definition) is 0. The number of carbonyl (C=O) groups excluding carboxylic acids is 1. The molecule has 0 saturated carbocycles. The highest BCUT2D eigenvalue weighted by Crippen LogP contribution is 2.28. The van der Waals surface area contributed by atoms with Gasteiger partial charge in [0.15, 0.2) is 5.78 Å². The number of methoxy groups -OCH3 is 1. The first-order valence-electron chi connectivity index (χ1n) is 6.45. The maximum absolute atomic E-state index is 11.9. The molecule has 0 bridgehead atoms. The van der Waals surface area contributed by atoms with Gasteiger partial charge >= 0.3 is 0 Å². The summed E-state index contributed by atoms with van der Waals surface area (Å²) in [5.41, 5.74) is 4.04. The van der Waals surface area contributed by atoms with Crippen LogP contribution in [0, 0.1) is 6.92 Å². The Labute approximate surface area is 112 Å². The van der Waals surface area contributed by atoms with Crippen LogP contribution in [-0.4, -0.2) is 22.4 Å².